The largest absolute Gasteiger partial charge is 0.481 e. The molecule has 74 valence electrons. The molecule has 0 fully saturated rings. The topological polar surface area (TPSA) is 52.9 Å². The molecule has 0 saturated heterocycles. The molecule has 0 spiro atoms. The lowest BCUT2D eigenvalue weighted by Crippen LogP contribution is -2.35. The predicted molar refractivity (Wildman–Crippen MR) is 37.2 cm³/mol. The first kappa shape index (κ1) is 9.82. The van der Waals surface area contributed by atoms with Gasteiger partial charge in [0.1, 0.15) is 5.71 Å². The number of hydrazone groups is 1. The summed E-state index contributed by atoms with van der Waals surface area (Å²) in [6, 6.07) is 0. The maximum absolute atomic E-state index is 12.9. The molecule has 1 aliphatic rings. The third-order valence-electron chi connectivity index (χ3n) is 1.71. The number of alkyl halides is 3. The summed E-state index contributed by atoms with van der Waals surface area (Å²) in [7, 11) is 1.11. The van der Waals surface area contributed by atoms with Gasteiger partial charge in [-0.2, -0.15) is 5.10 Å². The van der Waals surface area contributed by atoms with E-state index in [2.05, 4.69) is 5.10 Å². The van der Waals surface area contributed by atoms with Crippen LogP contribution in [0.4, 0.5) is 13.2 Å². The highest BCUT2D eigenvalue weighted by Gasteiger charge is 2.44. The van der Waals surface area contributed by atoms with Gasteiger partial charge in [0, 0.05) is 7.05 Å². The number of hydrogen-bond acceptors (Lipinski definition) is 3. The fraction of sp³-hybridized carbons (Fsp3) is 0.667. The molecule has 1 rings (SSSR count). The van der Waals surface area contributed by atoms with Crippen molar-refractivity contribution in [2.24, 2.45) is 11.0 Å². The first-order chi connectivity index (χ1) is 5.95. The van der Waals surface area contributed by atoms with E-state index in [1.54, 1.807) is 0 Å². The van der Waals surface area contributed by atoms with Gasteiger partial charge in [0.25, 0.3) is 6.43 Å². The van der Waals surface area contributed by atoms with Gasteiger partial charge >= 0.3 is 5.97 Å². The summed E-state index contributed by atoms with van der Waals surface area (Å²) in [5.41, 5.74) is -0.928. The average Bonchev–Trinajstić information content (AvgIpc) is 2.28. The average molecular weight is 196 g/mol. The number of rotatable bonds is 2. The second kappa shape index (κ2) is 3.23. The summed E-state index contributed by atoms with van der Waals surface area (Å²) >= 11 is 0. The van der Waals surface area contributed by atoms with Crippen LogP contribution in [0.3, 0.4) is 0 Å². The van der Waals surface area contributed by atoms with Gasteiger partial charge in [0.2, 0.25) is 6.30 Å². The van der Waals surface area contributed by atoms with Crippen molar-refractivity contribution in [1.29, 1.82) is 0 Å². The highest BCUT2D eigenvalue weighted by molar-refractivity contribution is 6.04. The smallest absolute Gasteiger partial charge is 0.317 e. The van der Waals surface area contributed by atoms with Gasteiger partial charge in [0.15, 0.2) is 5.92 Å². The molecular formula is C6H7F3N2O2. The minimum Gasteiger partial charge on any atom is -0.481 e. The Morgan fingerprint density at radius 1 is 1.69 bits per heavy atom. The van der Waals surface area contributed by atoms with Gasteiger partial charge in [-0.25, -0.2) is 13.2 Å². The van der Waals surface area contributed by atoms with E-state index in [0.29, 0.717) is 5.01 Å². The van der Waals surface area contributed by atoms with Crippen molar-refractivity contribution in [2.75, 3.05) is 7.05 Å². The minimum absolute atomic E-state index is 0.584. The zero-order valence-corrected chi connectivity index (χ0v) is 6.62. The summed E-state index contributed by atoms with van der Waals surface area (Å²) in [5, 5.41) is 12.1. The summed E-state index contributed by atoms with van der Waals surface area (Å²) < 4.78 is 37.2. The van der Waals surface area contributed by atoms with Gasteiger partial charge in [0.05, 0.1) is 0 Å². The molecule has 1 aliphatic heterocycles. The first-order valence-corrected chi connectivity index (χ1v) is 3.41. The molecule has 2 atom stereocenters. The monoisotopic (exact) mass is 196 g/mol. The highest BCUT2D eigenvalue weighted by atomic mass is 19.3. The maximum atomic E-state index is 12.9. The molecule has 0 aromatic rings. The van der Waals surface area contributed by atoms with Crippen molar-refractivity contribution < 1.29 is 23.1 Å². The minimum atomic E-state index is -3.04. The standard InChI is InChI=1S/C6H7F3N2O2/c1-11-5(9)2(6(12)13)3(10-11)4(7)8/h2,4-5H,1H3,(H,12,13). The predicted octanol–water partition coefficient (Wildman–Crippen LogP) is 0.549. The third-order valence-corrected chi connectivity index (χ3v) is 1.71. The lowest BCUT2D eigenvalue weighted by molar-refractivity contribution is -0.142. The molecule has 1 heterocycles. The van der Waals surface area contributed by atoms with Crippen LogP contribution in [0.15, 0.2) is 5.10 Å². The van der Waals surface area contributed by atoms with Gasteiger partial charge in [-0.15, -0.1) is 0 Å². The van der Waals surface area contributed by atoms with Gasteiger partial charge in [-0.05, 0) is 0 Å². The molecule has 0 bridgehead atoms. The Morgan fingerprint density at radius 2 is 2.23 bits per heavy atom. The summed E-state index contributed by atoms with van der Waals surface area (Å²) in [5.74, 6) is -3.49. The van der Waals surface area contributed by atoms with E-state index in [9.17, 15) is 18.0 Å². The Bertz CT molecular complexity index is 256. The zero-order chi connectivity index (χ0) is 10.2. The molecular weight excluding hydrogens is 189 g/mol. The van der Waals surface area contributed by atoms with Crippen LogP contribution in [0.25, 0.3) is 0 Å². The summed E-state index contributed by atoms with van der Waals surface area (Å²) in [6.45, 7) is 0. The quantitative estimate of drug-likeness (QED) is 0.656. The number of halogens is 3. The number of carboxylic acid groups (broad SMARTS) is 1. The van der Waals surface area contributed by atoms with Crippen molar-refractivity contribution >= 4 is 11.7 Å². The number of carboxylic acids is 1. The van der Waals surface area contributed by atoms with Crippen molar-refractivity contribution in [3.8, 4) is 0 Å². The highest BCUT2D eigenvalue weighted by Crippen LogP contribution is 2.25. The van der Waals surface area contributed by atoms with Crippen LogP contribution in [-0.2, 0) is 4.79 Å². The maximum Gasteiger partial charge on any atom is 0.317 e. The molecule has 2 unspecified atom stereocenters. The number of carbonyl (C=O) groups is 1. The fourth-order valence-corrected chi connectivity index (χ4v) is 1.08. The molecule has 13 heavy (non-hydrogen) atoms. The Kier molecular flexibility index (Phi) is 2.44. The first-order valence-electron chi connectivity index (χ1n) is 3.41. The SMILES string of the molecule is CN1N=C(C(F)F)C(C(=O)O)C1F. The number of aliphatic carboxylic acids is 1. The van der Waals surface area contributed by atoms with E-state index >= 15 is 0 Å². The van der Waals surface area contributed by atoms with Crippen molar-refractivity contribution in [3.05, 3.63) is 0 Å². The number of hydrogen-bond donors (Lipinski definition) is 1. The Hall–Kier alpha value is -1.27. The lowest BCUT2D eigenvalue weighted by atomic mass is 10.0. The molecule has 4 nitrogen and oxygen atoms in total. The molecule has 1 N–H and O–H groups in total. The second-order valence-electron chi connectivity index (χ2n) is 2.59. The molecule has 0 radical (unpaired) electrons. The molecule has 0 amide bonds. The van der Waals surface area contributed by atoms with E-state index < -0.39 is 30.3 Å². The van der Waals surface area contributed by atoms with Crippen molar-refractivity contribution in [2.45, 2.75) is 12.7 Å². The van der Waals surface area contributed by atoms with Crippen molar-refractivity contribution in [3.63, 3.8) is 0 Å². The molecule has 0 aromatic heterocycles. The molecule has 7 heteroatoms. The van der Waals surface area contributed by atoms with Crippen LogP contribution in [0.1, 0.15) is 0 Å². The van der Waals surface area contributed by atoms with E-state index in [4.69, 9.17) is 5.11 Å². The second-order valence-corrected chi connectivity index (χ2v) is 2.59. The normalized spacial score (nSPS) is 28.1. The van der Waals surface area contributed by atoms with Gasteiger partial charge in [-0.3, -0.25) is 9.80 Å². The van der Waals surface area contributed by atoms with Crippen LogP contribution in [-0.4, -0.2) is 41.6 Å². The van der Waals surface area contributed by atoms with Crippen LogP contribution >= 0.6 is 0 Å². The molecule has 0 aromatic carbocycles. The van der Waals surface area contributed by atoms with Crippen LogP contribution in [0, 0.1) is 5.92 Å². The van der Waals surface area contributed by atoms with E-state index in [1.807, 2.05) is 0 Å². The number of nitrogens with zero attached hydrogens (tertiary/aromatic N) is 2. The Balaban J connectivity index is 2.93. The van der Waals surface area contributed by atoms with Crippen LogP contribution < -0.4 is 0 Å². The van der Waals surface area contributed by atoms with E-state index in [-0.39, 0.29) is 0 Å². The Morgan fingerprint density at radius 3 is 2.54 bits per heavy atom. The van der Waals surface area contributed by atoms with Gasteiger partial charge in [-0.1, -0.05) is 0 Å². The van der Waals surface area contributed by atoms with Crippen molar-refractivity contribution in [1.82, 2.24) is 5.01 Å². The summed E-state index contributed by atoms with van der Waals surface area (Å²) in [4.78, 5) is 10.4. The molecule has 0 aliphatic carbocycles. The summed E-state index contributed by atoms with van der Waals surface area (Å²) in [6.07, 6.45) is -5.05. The van der Waals surface area contributed by atoms with Crippen LogP contribution in [0.5, 0.6) is 0 Å². The van der Waals surface area contributed by atoms with Gasteiger partial charge < -0.3 is 5.11 Å². The zero-order valence-electron chi connectivity index (χ0n) is 6.62. The van der Waals surface area contributed by atoms with E-state index in [1.165, 1.54) is 0 Å². The molecule has 0 saturated carbocycles. The lowest BCUT2D eigenvalue weighted by Gasteiger charge is -2.13. The van der Waals surface area contributed by atoms with Crippen LogP contribution in [0.2, 0.25) is 0 Å². The third kappa shape index (κ3) is 1.58. The Labute approximate surface area is 71.6 Å². The van der Waals surface area contributed by atoms with E-state index in [0.717, 1.165) is 7.05 Å². The fourth-order valence-electron chi connectivity index (χ4n) is 1.08.